The minimum Gasteiger partial charge on any atom is -0.493 e. The largest absolute Gasteiger partial charge is 0.493 e. The van der Waals surface area contributed by atoms with Crippen LogP contribution >= 0.6 is 0 Å². The Morgan fingerprint density at radius 2 is 1.81 bits per heavy atom. The van der Waals surface area contributed by atoms with Crippen molar-refractivity contribution in [3.05, 3.63) is 29.3 Å². The average Bonchev–Trinajstić information content (AvgIpc) is 3.27. The first kappa shape index (κ1) is 22.8. The predicted molar refractivity (Wildman–Crippen MR) is 128 cm³/mol. The quantitative estimate of drug-likeness (QED) is 0.459. The third-order valence-corrected chi connectivity index (χ3v) is 8.14. The van der Waals surface area contributed by atoms with E-state index in [1.165, 1.54) is 70.1 Å². The number of likely N-dealkylation sites (tertiary alicyclic amines) is 1. The van der Waals surface area contributed by atoms with E-state index in [2.05, 4.69) is 36.9 Å². The van der Waals surface area contributed by atoms with Gasteiger partial charge in [-0.05, 0) is 93.5 Å². The molecule has 3 aliphatic rings. The molecule has 0 unspecified atom stereocenters. The van der Waals surface area contributed by atoms with Crippen LogP contribution in [0.25, 0.3) is 0 Å². The molecule has 1 aliphatic carbocycles. The number of hydrogen-bond acceptors (Lipinski definition) is 3. The number of fused-ring (bicyclic) bond motifs is 1. The zero-order chi connectivity index (χ0) is 21.6. The highest BCUT2D eigenvalue weighted by molar-refractivity contribution is 5.78. The monoisotopic (exact) mass is 425 g/mol. The van der Waals surface area contributed by atoms with Crippen molar-refractivity contribution < 1.29 is 9.53 Å². The van der Waals surface area contributed by atoms with Gasteiger partial charge in [0, 0.05) is 24.8 Å². The Hall–Kier alpha value is -1.35. The standard InChI is InChI=1S/C28H43NO2/c1-21(2)6-11-25(30)20-23-9-7-22(8-10-23)12-16-29-17-13-24(14-18-29)26-4-3-5-28-27(26)15-19-31-28/h3-5,21-24H,6-20H2,1-2H3. The molecule has 1 saturated carbocycles. The Labute approximate surface area is 189 Å². The minimum absolute atomic E-state index is 0.510. The third kappa shape index (κ3) is 6.34. The first-order valence-electron chi connectivity index (χ1n) is 13.1. The van der Waals surface area contributed by atoms with E-state index in [1.807, 2.05) is 0 Å². The van der Waals surface area contributed by atoms with E-state index < -0.39 is 0 Å². The number of carbonyl (C=O) groups excluding carboxylic acids is 1. The molecule has 1 aromatic rings. The Morgan fingerprint density at radius 3 is 2.55 bits per heavy atom. The van der Waals surface area contributed by atoms with Crippen molar-refractivity contribution in [3.63, 3.8) is 0 Å². The van der Waals surface area contributed by atoms with Gasteiger partial charge in [0.2, 0.25) is 0 Å². The lowest BCUT2D eigenvalue weighted by Crippen LogP contribution is -2.35. The van der Waals surface area contributed by atoms with E-state index in [0.717, 1.165) is 49.9 Å². The van der Waals surface area contributed by atoms with Crippen molar-refractivity contribution in [1.29, 1.82) is 0 Å². The van der Waals surface area contributed by atoms with Crippen molar-refractivity contribution in [2.24, 2.45) is 17.8 Å². The van der Waals surface area contributed by atoms with Gasteiger partial charge in [0.05, 0.1) is 6.61 Å². The molecule has 2 fully saturated rings. The molecule has 0 atom stereocenters. The van der Waals surface area contributed by atoms with Gasteiger partial charge in [-0.2, -0.15) is 0 Å². The number of Topliss-reactive ketones (excluding diaryl/α,β-unsaturated/α-hetero) is 1. The molecule has 31 heavy (non-hydrogen) atoms. The second kappa shape index (κ2) is 11.0. The second-order valence-electron chi connectivity index (χ2n) is 10.9. The zero-order valence-corrected chi connectivity index (χ0v) is 19.9. The number of hydrogen-bond donors (Lipinski definition) is 0. The normalized spacial score (nSPS) is 24.9. The molecule has 0 aromatic heterocycles. The van der Waals surface area contributed by atoms with Gasteiger partial charge in [0.25, 0.3) is 0 Å². The maximum atomic E-state index is 12.2. The Kier molecular flexibility index (Phi) is 8.09. The Balaban J connectivity index is 1.13. The molecule has 1 aromatic carbocycles. The van der Waals surface area contributed by atoms with Crippen molar-refractivity contribution in [3.8, 4) is 5.75 Å². The molecule has 2 aliphatic heterocycles. The van der Waals surface area contributed by atoms with Crippen LogP contribution in [0.15, 0.2) is 18.2 Å². The minimum atomic E-state index is 0.510. The molecule has 0 N–H and O–H groups in total. The lowest BCUT2D eigenvalue weighted by atomic mass is 9.78. The number of nitrogens with zero attached hydrogens (tertiary/aromatic N) is 1. The maximum Gasteiger partial charge on any atom is 0.133 e. The molecule has 3 nitrogen and oxygen atoms in total. The van der Waals surface area contributed by atoms with Crippen molar-refractivity contribution >= 4 is 5.78 Å². The van der Waals surface area contributed by atoms with Crippen LogP contribution in [0.5, 0.6) is 5.75 Å². The molecule has 4 rings (SSSR count). The van der Waals surface area contributed by atoms with Crippen molar-refractivity contribution in [1.82, 2.24) is 4.90 Å². The number of ether oxygens (including phenoxy) is 1. The Morgan fingerprint density at radius 1 is 1.06 bits per heavy atom. The van der Waals surface area contributed by atoms with Crippen LogP contribution in [0.3, 0.4) is 0 Å². The SMILES string of the molecule is CC(C)CCC(=O)CC1CCC(CCN2CCC(c3cccc4c3CCO4)CC2)CC1. The lowest BCUT2D eigenvalue weighted by molar-refractivity contribution is -0.120. The summed E-state index contributed by atoms with van der Waals surface area (Å²) in [4.78, 5) is 14.9. The molecule has 3 heteroatoms. The van der Waals surface area contributed by atoms with Crippen LogP contribution in [0.4, 0.5) is 0 Å². The predicted octanol–water partition coefficient (Wildman–Crippen LogP) is 6.39. The summed E-state index contributed by atoms with van der Waals surface area (Å²) < 4.78 is 5.78. The molecule has 1 saturated heterocycles. The summed E-state index contributed by atoms with van der Waals surface area (Å²) in [5, 5.41) is 0. The molecule has 0 bridgehead atoms. The smallest absolute Gasteiger partial charge is 0.133 e. The van der Waals surface area contributed by atoms with Crippen LogP contribution < -0.4 is 4.74 Å². The van der Waals surface area contributed by atoms with Gasteiger partial charge < -0.3 is 9.64 Å². The number of benzene rings is 1. The van der Waals surface area contributed by atoms with Gasteiger partial charge in [-0.3, -0.25) is 4.79 Å². The maximum absolute atomic E-state index is 12.2. The molecule has 0 spiro atoms. The first-order chi connectivity index (χ1) is 15.1. The molecular formula is C28H43NO2. The van der Waals surface area contributed by atoms with Crippen LogP contribution in [0.1, 0.15) is 95.1 Å². The number of carbonyl (C=O) groups is 1. The lowest BCUT2D eigenvalue weighted by Gasteiger charge is -2.35. The van der Waals surface area contributed by atoms with Gasteiger partial charge in [0.1, 0.15) is 11.5 Å². The highest BCUT2D eigenvalue weighted by atomic mass is 16.5. The van der Waals surface area contributed by atoms with Crippen LogP contribution in [-0.2, 0) is 11.2 Å². The van der Waals surface area contributed by atoms with Gasteiger partial charge in [-0.1, -0.05) is 38.8 Å². The summed E-state index contributed by atoms with van der Waals surface area (Å²) in [6, 6.07) is 6.66. The Bertz CT molecular complexity index is 712. The molecule has 2 heterocycles. The molecule has 0 radical (unpaired) electrons. The third-order valence-electron chi connectivity index (χ3n) is 8.14. The summed E-state index contributed by atoms with van der Waals surface area (Å²) in [7, 11) is 0. The highest BCUT2D eigenvalue weighted by Crippen LogP contribution is 2.38. The van der Waals surface area contributed by atoms with Gasteiger partial charge in [-0.25, -0.2) is 0 Å². The van der Waals surface area contributed by atoms with E-state index in [0.29, 0.717) is 17.6 Å². The van der Waals surface area contributed by atoms with E-state index in [4.69, 9.17) is 4.74 Å². The van der Waals surface area contributed by atoms with Crippen LogP contribution in [0.2, 0.25) is 0 Å². The van der Waals surface area contributed by atoms with E-state index in [1.54, 1.807) is 5.56 Å². The fourth-order valence-electron chi connectivity index (χ4n) is 6.06. The molecular weight excluding hydrogens is 382 g/mol. The summed E-state index contributed by atoms with van der Waals surface area (Å²) in [6.45, 7) is 9.04. The summed E-state index contributed by atoms with van der Waals surface area (Å²) in [5.74, 6) is 4.56. The fourth-order valence-corrected chi connectivity index (χ4v) is 6.06. The number of ketones is 1. The zero-order valence-electron chi connectivity index (χ0n) is 19.9. The summed E-state index contributed by atoms with van der Waals surface area (Å²) in [5.41, 5.74) is 3.05. The van der Waals surface area contributed by atoms with Crippen LogP contribution in [0, 0.1) is 17.8 Å². The van der Waals surface area contributed by atoms with E-state index in [-0.39, 0.29) is 0 Å². The first-order valence-corrected chi connectivity index (χ1v) is 13.1. The molecule has 172 valence electrons. The summed E-state index contributed by atoms with van der Waals surface area (Å²) in [6.07, 6.45) is 13.0. The molecule has 0 amide bonds. The van der Waals surface area contributed by atoms with E-state index >= 15 is 0 Å². The highest BCUT2D eigenvalue weighted by Gasteiger charge is 2.27. The van der Waals surface area contributed by atoms with Gasteiger partial charge >= 0.3 is 0 Å². The van der Waals surface area contributed by atoms with Crippen LogP contribution in [-0.4, -0.2) is 36.9 Å². The fraction of sp³-hybridized carbons (Fsp3) is 0.750. The van der Waals surface area contributed by atoms with Crippen molar-refractivity contribution in [2.75, 3.05) is 26.2 Å². The van der Waals surface area contributed by atoms with Gasteiger partial charge in [-0.15, -0.1) is 0 Å². The summed E-state index contributed by atoms with van der Waals surface area (Å²) >= 11 is 0. The number of rotatable bonds is 9. The topological polar surface area (TPSA) is 29.5 Å². The van der Waals surface area contributed by atoms with Gasteiger partial charge in [0.15, 0.2) is 0 Å². The average molecular weight is 426 g/mol. The second-order valence-corrected chi connectivity index (χ2v) is 10.9. The van der Waals surface area contributed by atoms with E-state index in [9.17, 15) is 4.79 Å². The number of piperidine rings is 1. The van der Waals surface area contributed by atoms with Crippen molar-refractivity contribution in [2.45, 2.75) is 90.4 Å².